The van der Waals surface area contributed by atoms with Crippen LogP contribution in [0.2, 0.25) is 0 Å². The minimum Gasteiger partial charge on any atom is -0.0652 e. The summed E-state index contributed by atoms with van der Waals surface area (Å²) < 4.78 is 0. The van der Waals surface area contributed by atoms with Gasteiger partial charge in [0.05, 0.1) is 0 Å². The Labute approximate surface area is 134 Å². The highest BCUT2D eigenvalue weighted by Crippen LogP contribution is 2.36. The van der Waals surface area contributed by atoms with Gasteiger partial charge < -0.3 is 0 Å². The maximum Gasteiger partial charge on any atom is -0.00576 e. The lowest BCUT2D eigenvalue weighted by atomic mass is 9.86. The van der Waals surface area contributed by atoms with Crippen molar-refractivity contribution < 1.29 is 0 Å². The molecule has 0 saturated heterocycles. The first-order chi connectivity index (χ1) is 10.5. The number of hydrogen-bond acceptors (Lipinski definition) is 0. The normalized spacial score (nSPS) is 13.9. The molecule has 0 nitrogen and oxygen atoms in total. The predicted octanol–water partition coefficient (Wildman–Crippen LogP) is 6.39. The van der Waals surface area contributed by atoms with Gasteiger partial charge in [-0.05, 0) is 46.1 Å². The predicted molar refractivity (Wildman–Crippen MR) is 97.2 cm³/mol. The molecule has 0 fully saturated rings. The van der Waals surface area contributed by atoms with E-state index in [0.29, 0.717) is 0 Å². The van der Waals surface area contributed by atoms with Crippen molar-refractivity contribution in [2.24, 2.45) is 0 Å². The van der Waals surface area contributed by atoms with E-state index in [9.17, 15) is 0 Å². The number of fused-ring (bicyclic) bond motifs is 1. The molecular weight excluding hydrogens is 264 g/mol. The van der Waals surface area contributed by atoms with Gasteiger partial charge in [-0.25, -0.2) is 0 Å². The summed E-state index contributed by atoms with van der Waals surface area (Å²) in [5, 5.41) is 0. The summed E-state index contributed by atoms with van der Waals surface area (Å²) >= 11 is 0. The summed E-state index contributed by atoms with van der Waals surface area (Å²) in [7, 11) is 0. The molecule has 0 aromatic heterocycles. The lowest BCUT2D eigenvalue weighted by Gasteiger charge is -2.19. The zero-order valence-corrected chi connectivity index (χ0v) is 14.2. The third-order valence-electron chi connectivity index (χ3n) is 4.60. The van der Waals surface area contributed by atoms with Crippen LogP contribution in [0.15, 0.2) is 48.0 Å². The van der Waals surface area contributed by atoms with Crippen LogP contribution >= 0.6 is 0 Å². The van der Waals surface area contributed by atoms with E-state index < -0.39 is 0 Å². The molecule has 114 valence electrons. The largest absolute Gasteiger partial charge is 0.0652 e. The summed E-state index contributed by atoms with van der Waals surface area (Å²) in [5.74, 6) is 0. The maximum atomic E-state index is 2.42. The minimum atomic E-state index is 0.214. The maximum absolute atomic E-state index is 2.42. The molecule has 0 unspecified atom stereocenters. The fraction of sp³-hybridized carbons (Fsp3) is 0.364. The average molecular weight is 290 g/mol. The summed E-state index contributed by atoms with van der Waals surface area (Å²) in [4.78, 5) is 0. The van der Waals surface area contributed by atoms with Crippen molar-refractivity contribution in [1.29, 1.82) is 0 Å². The Hall–Kier alpha value is -1.82. The van der Waals surface area contributed by atoms with Crippen molar-refractivity contribution >= 4 is 6.08 Å². The lowest BCUT2D eigenvalue weighted by Crippen LogP contribution is -2.10. The van der Waals surface area contributed by atoms with Crippen LogP contribution in [-0.4, -0.2) is 0 Å². The highest BCUT2D eigenvalue weighted by molar-refractivity contribution is 5.80. The molecule has 0 atom stereocenters. The van der Waals surface area contributed by atoms with Gasteiger partial charge in [-0.3, -0.25) is 0 Å². The van der Waals surface area contributed by atoms with Crippen LogP contribution in [0.5, 0.6) is 0 Å². The van der Waals surface area contributed by atoms with Gasteiger partial charge in [-0.15, -0.1) is 0 Å². The molecule has 3 rings (SSSR count). The summed E-state index contributed by atoms with van der Waals surface area (Å²) in [6.07, 6.45) is 6.01. The van der Waals surface area contributed by atoms with Gasteiger partial charge >= 0.3 is 0 Å². The fourth-order valence-corrected chi connectivity index (χ4v) is 3.32. The summed E-state index contributed by atoms with van der Waals surface area (Å²) in [6, 6.07) is 15.9. The molecule has 1 aliphatic carbocycles. The van der Waals surface area contributed by atoms with E-state index in [4.69, 9.17) is 0 Å². The van der Waals surface area contributed by atoms with Gasteiger partial charge in [0.2, 0.25) is 0 Å². The zero-order chi connectivity index (χ0) is 15.7. The van der Waals surface area contributed by atoms with Crippen LogP contribution in [0.3, 0.4) is 0 Å². The van der Waals surface area contributed by atoms with E-state index in [1.165, 1.54) is 40.7 Å². The van der Waals surface area contributed by atoms with Gasteiger partial charge in [-0.1, -0.05) is 88.2 Å². The smallest absolute Gasteiger partial charge is 0.00576 e. The molecule has 0 heteroatoms. The molecule has 22 heavy (non-hydrogen) atoms. The second-order valence-electron chi connectivity index (χ2n) is 7.44. The van der Waals surface area contributed by atoms with Crippen molar-refractivity contribution in [2.75, 3.05) is 0 Å². The van der Waals surface area contributed by atoms with Crippen molar-refractivity contribution in [3.05, 3.63) is 64.7 Å². The summed E-state index contributed by atoms with van der Waals surface area (Å²) in [5.41, 5.74) is 8.83. The molecule has 0 N–H and O–H groups in total. The van der Waals surface area contributed by atoms with Gasteiger partial charge in [-0.2, -0.15) is 0 Å². The Morgan fingerprint density at radius 1 is 0.955 bits per heavy atom. The minimum absolute atomic E-state index is 0.214. The van der Waals surface area contributed by atoms with E-state index in [0.717, 1.165) is 6.42 Å². The molecule has 0 amide bonds. The van der Waals surface area contributed by atoms with Crippen molar-refractivity contribution in [3.63, 3.8) is 0 Å². The quantitative estimate of drug-likeness (QED) is 0.614. The molecule has 0 saturated carbocycles. The van der Waals surface area contributed by atoms with Crippen molar-refractivity contribution in [3.8, 4) is 11.1 Å². The Balaban J connectivity index is 1.99. The Bertz CT molecular complexity index is 694. The number of benzene rings is 2. The van der Waals surface area contributed by atoms with E-state index in [-0.39, 0.29) is 5.41 Å². The van der Waals surface area contributed by atoms with Crippen LogP contribution in [0, 0.1) is 0 Å². The van der Waals surface area contributed by atoms with E-state index in [2.05, 4.69) is 76.2 Å². The van der Waals surface area contributed by atoms with Crippen LogP contribution in [0.1, 0.15) is 57.2 Å². The first-order valence-electron chi connectivity index (χ1n) is 8.41. The van der Waals surface area contributed by atoms with Crippen molar-refractivity contribution in [1.82, 2.24) is 0 Å². The third-order valence-corrected chi connectivity index (χ3v) is 4.60. The van der Waals surface area contributed by atoms with Crippen LogP contribution in [0.25, 0.3) is 17.2 Å². The topological polar surface area (TPSA) is 0 Å². The van der Waals surface area contributed by atoms with Crippen LogP contribution in [0.4, 0.5) is 0 Å². The Morgan fingerprint density at radius 3 is 2.32 bits per heavy atom. The average Bonchev–Trinajstić information content (AvgIpc) is 2.89. The first kappa shape index (κ1) is 15.1. The molecule has 0 spiro atoms. The molecule has 0 aliphatic heterocycles. The van der Waals surface area contributed by atoms with Gasteiger partial charge in [0.25, 0.3) is 0 Å². The lowest BCUT2D eigenvalue weighted by molar-refractivity contribution is 0.590. The molecule has 2 aromatic carbocycles. The fourth-order valence-electron chi connectivity index (χ4n) is 3.32. The van der Waals surface area contributed by atoms with Crippen LogP contribution in [-0.2, 0) is 11.8 Å². The van der Waals surface area contributed by atoms with Crippen molar-refractivity contribution in [2.45, 2.75) is 52.4 Å². The van der Waals surface area contributed by atoms with E-state index in [1.807, 2.05) is 0 Å². The standard InChI is InChI=1S/C22H26/c1-5-7-16-14-18-8-6-9-20(21(18)15-16)17-10-12-19(13-11-17)22(2,3)4/h6,8-13,15H,5,7,14H2,1-4H3. The number of rotatable bonds is 3. The monoisotopic (exact) mass is 290 g/mol. The Morgan fingerprint density at radius 2 is 1.68 bits per heavy atom. The molecule has 0 heterocycles. The summed E-state index contributed by atoms with van der Waals surface area (Å²) in [6.45, 7) is 9.06. The molecule has 2 aromatic rings. The first-order valence-corrected chi connectivity index (χ1v) is 8.41. The highest BCUT2D eigenvalue weighted by atomic mass is 14.2. The number of hydrogen-bond donors (Lipinski definition) is 0. The second kappa shape index (κ2) is 5.76. The molecule has 1 aliphatic rings. The molecule has 0 radical (unpaired) electrons. The molecular formula is C22H26. The van der Waals surface area contributed by atoms with E-state index >= 15 is 0 Å². The van der Waals surface area contributed by atoms with Gasteiger partial charge in [0.15, 0.2) is 0 Å². The van der Waals surface area contributed by atoms with Gasteiger partial charge in [0, 0.05) is 0 Å². The Kier molecular flexibility index (Phi) is 3.95. The van der Waals surface area contributed by atoms with Crippen LogP contribution < -0.4 is 0 Å². The highest BCUT2D eigenvalue weighted by Gasteiger charge is 2.17. The SMILES string of the molecule is CCCC1=Cc2c(cccc2-c2ccc(C(C)(C)C)cc2)C1. The zero-order valence-electron chi connectivity index (χ0n) is 14.2. The third kappa shape index (κ3) is 2.88. The number of allylic oxidation sites excluding steroid dienone is 1. The van der Waals surface area contributed by atoms with Gasteiger partial charge in [0.1, 0.15) is 0 Å². The van der Waals surface area contributed by atoms with E-state index in [1.54, 1.807) is 5.57 Å². The molecule has 0 bridgehead atoms. The second-order valence-corrected chi connectivity index (χ2v) is 7.44.